The summed E-state index contributed by atoms with van der Waals surface area (Å²) in [5, 5.41) is 2.36. The minimum atomic E-state index is -0.649. The van der Waals surface area contributed by atoms with Crippen LogP contribution in [0.1, 0.15) is 56.0 Å². The standard InChI is InChI=1S/C24H33N5O4/c1-27-21-12-16(15-8-10-28(11-9-15)13-18-4-3-17(25)14-33-18)2-5-19(21)29(24(27)32)20-6-7-22(30)26-23(20)31/h2,5,12,15,17-18,20H,3-4,6-11,13-14,25H2,1H3,(H,26,30,31)/t17-,18+,20?/m1/s1. The SMILES string of the molecule is Cn1c(=O)n(C2CCC(=O)NC2=O)c2ccc(C3CCN(C[C@@H]4CC[C@@H](N)CO4)CC3)cc21. The first-order chi connectivity index (χ1) is 15.9. The highest BCUT2D eigenvalue weighted by Crippen LogP contribution is 2.31. The van der Waals surface area contributed by atoms with Gasteiger partial charge in [0.2, 0.25) is 11.8 Å². The van der Waals surface area contributed by atoms with Crippen LogP contribution in [0.15, 0.2) is 23.0 Å². The van der Waals surface area contributed by atoms with Gasteiger partial charge in [-0.1, -0.05) is 6.07 Å². The summed E-state index contributed by atoms with van der Waals surface area (Å²) in [6.07, 6.45) is 5.10. The highest BCUT2D eigenvalue weighted by atomic mass is 16.5. The van der Waals surface area contributed by atoms with Crippen LogP contribution in [0.3, 0.4) is 0 Å². The number of nitrogens with two attached hydrogens (primary N) is 1. The summed E-state index contributed by atoms with van der Waals surface area (Å²) < 4.78 is 9.05. The first-order valence-corrected chi connectivity index (χ1v) is 12.0. The second-order valence-corrected chi connectivity index (χ2v) is 9.79. The van der Waals surface area contributed by atoms with E-state index < -0.39 is 11.9 Å². The van der Waals surface area contributed by atoms with Crippen molar-refractivity contribution in [2.45, 2.75) is 62.6 Å². The number of fused-ring (bicyclic) bond motifs is 1. The van der Waals surface area contributed by atoms with E-state index in [1.165, 1.54) is 5.56 Å². The Balaban J connectivity index is 1.29. The van der Waals surface area contributed by atoms with Gasteiger partial charge in [0.05, 0.1) is 23.7 Å². The van der Waals surface area contributed by atoms with Crippen LogP contribution in [0.25, 0.3) is 11.0 Å². The van der Waals surface area contributed by atoms with Gasteiger partial charge in [-0.25, -0.2) is 4.79 Å². The van der Waals surface area contributed by atoms with Gasteiger partial charge in [0.15, 0.2) is 0 Å². The third-order valence-corrected chi connectivity index (χ3v) is 7.56. The van der Waals surface area contributed by atoms with Crippen LogP contribution in [-0.4, -0.2) is 64.2 Å². The Morgan fingerprint density at radius 2 is 1.85 bits per heavy atom. The Labute approximate surface area is 192 Å². The number of aryl methyl sites for hydroxylation is 1. The number of hydrogen-bond acceptors (Lipinski definition) is 6. The lowest BCUT2D eigenvalue weighted by molar-refractivity contribution is -0.135. The van der Waals surface area contributed by atoms with Crippen molar-refractivity contribution in [3.05, 3.63) is 34.2 Å². The van der Waals surface area contributed by atoms with Gasteiger partial charge >= 0.3 is 5.69 Å². The van der Waals surface area contributed by atoms with Crippen molar-refractivity contribution in [1.82, 2.24) is 19.4 Å². The second kappa shape index (κ2) is 9.04. The fourth-order valence-corrected chi connectivity index (χ4v) is 5.57. The fraction of sp³-hybridized carbons (Fsp3) is 0.625. The van der Waals surface area contributed by atoms with Crippen LogP contribution in [0.2, 0.25) is 0 Å². The summed E-state index contributed by atoms with van der Waals surface area (Å²) in [5.74, 6) is -0.238. The molecule has 3 saturated heterocycles. The Morgan fingerprint density at radius 3 is 2.55 bits per heavy atom. The first kappa shape index (κ1) is 22.3. The monoisotopic (exact) mass is 455 g/mol. The fourth-order valence-electron chi connectivity index (χ4n) is 5.57. The predicted octanol–water partition coefficient (Wildman–Crippen LogP) is 1.00. The van der Waals surface area contributed by atoms with Crippen molar-refractivity contribution in [3.63, 3.8) is 0 Å². The van der Waals surface area contributed by atoms with Gasteiger partial charge in [0.1, 0.15) is 6.04 Å². The molecule has 9 heteroatoms. The molecule has 3 aliphatic heterocycles. The smallest absolute Gasteiger partial charge is 0.329 e. The molecule has 33 heavy (non-hydrogen) atoms. The zero-order chi connectivity index (χ0) is 23.1. The van der Waals surface area contributed by atoms with Gasteiger partial charge < -0.3 is 15.4 Å². The number of piperidine rings is 2. The molecule has 9 nitrogen and oxygen atoms in total. The van der Waals surface area contributed by atoms with Gasteiger partial charge in [0.25, 0.3) is 0 Å². The molecule has 1 aromatic carbocycles. The number of benzene rings is 1. The number of ether oxygens (including phenoxy) is 1. The molecule has 1 aromatic heterocycles. The van der Waals surface area contributed by atoms with Crippen molar-refractivity contribution in [3.8, 4) is 0 Å². The van der Waals surface area contributed by atoms with Gasteiger partial charge in [-0.2, -0.15) is 0 Å². The summed E-state index contributed by atoms with van der Waals surface area (Å²) in [7, 11) is 1.75. The summed E-state index contributed by atoms with van der Waals surface area (Å²) in [6, 6.07) is 5.69. The molecular formula is C24H33N5O4. The number of aromatic nitrogens is 2. The van der Waals surface area contributed by atoms with Crippen molar-refractivity contribution >= 4 is 22.8 Å². The lowest BCUT2D eigenvalue weighted by atomic mass is 9.89. The number of nitrogens with zero attached hydrogens (tertiary/aromatic N) is 3. The van der Waals surface area contributed by atoms with Gasteiger partial charge in [-0.05, 0) is 68.8 Å². The number of rotatable bonds is 4. The lowest BCUT2D eigenvalue weighted by Crippen LogP contribution is -2.44. The van der Waals surface area contributed by atoms with Crippen molar-refractivity contribution in [2.24, 2.45) is 12.8 Å². The number of imide groups is 1. The Bertz CT molecular complexity index is 1110. The van der Waals surface area contributed by atoms with Crippen molar-refractivity contribution < 1.29 is 14.3 Å². The number of imidazole rings is 1. The van der Waals surface area contributed by atoms with Gasteiger partial charge in [-0.3, -0.25) is 24.0 Å². The molecule has 4 heterocycles. The number of nitrogens with one attached hydrogen (secondary N) is 1. The Kier molecular flexibility index (Phi) is 6.11. The molecule has 3 aliphatic rings. The van der Waals surface area contributed by atoms with E-state index in [-0.39, 0.29) is 24.1 Å². The third-order valence-electron chi connectivity index (χ3n) is 7.56. The normalized spacial score (nSPS) is 27.8. The van der Waals surface area contributed by atoms with E-state index >= 15 is 0 Å². The molecule has 1 unspecified atom stereocenters. The Morgan fingerprint density at radius 1 is 1.06 bits per heavy atom. The van der Waals surface area contributed by atoms with E-state index in [1.807, 2.05) is 6.07 Å². The zero-order valence-electron chi connectivity index (χ0n) is 19.2. The summed E-state index contributed by atoms with van der Waals surface area (Å²) >= 11 is 0. The van der Waals surface area contributed by atoms with E-state index in [0.29, 0.717) is 25.0 Å². The topological polar surface area (TPSA) is 112 Å². The average Bonchev–Trinajstić information content (AvgIpc) is 3.06. The number of likely N-dealkylation sites (tertiary alicyclic amines) is 1. The molecular weight excluding hydrogens is 422 g/mol. The minimum absolute atomic E-state index is 0.183. The van der Waals surface area contributed by atoms with Crippen LogP contribution in [0, 0.1) is 0 Å². The summed E-state index contributed by atoms with van der Waals surface area (Å²) in [6.45, 7) is 3.70. The van der Waals surface area contributed by atoms with E-state index in [0.717, 1.165) is 56.4 Å². The quantitative estimate of drug-likeness (QED) is 0.666. The molecule has 5 rings (SSSR count). The highest BCUT2D eigenvalue weighted by Gasteiger charge is 2.32. The molecule has 3 atom stereocenters. The largest absolute Gasteiger partial charge is 0.375 e. The first-order valence-electron chi connectivity index (χ1n) is 12.0. The summed E-state index contributed by atoms with van der Waals surface area (Å²) in [5.41, 5.74) is 8.52. The number of carbonyl (C=O) groups is 2. The van der Waals surface area contributed by atoms with Crippen LogP contribution in [0.4, 0.5) is 0 Å². The van der Waals surface area contributed by atoms with Crippen molar-refractivity contribution in [1.29, 1.82) is 0 Å². The van der Waals surface area contributed by atoms with E-state index in [4.69, 9.17) is 10.5 Å². The average molecular weight is 456 g/mol. The number of hydrogen-bond donors (Lipinski definition) is 2. The van der Waals surface area contributed by atoms with Crippen molar-refractivity contribution in [2.75, 3.05) is 26.2 Å². The molecule has 0 spiro atoms. The molecule has 3 fully saturated rings. The number of amides is 2. The maximum absolute atomic E-state index is 13.0. The predicted molar refractivity (Wildman–Crippen MR) is 124 cm³/mol. The number of carbonyl (C=O) groups excluding carboxylic acids is 2. The third kappa shape index (κ3) is 4.37. The second-order valence-electron chi connectivity index (χ2n) is 9.79. The molecule has 2 amide bonds. The van der Waals surface area contributed by atoms with E-state index in [1.54, 1.807) is 16.2 Å². The van der Waals surface area contributed by atoms with Gasteiger partial charge in [0, 0.05) is 26.1 Å². The van der Waals surface area contributed by atoms with Crippen LogP contribution in [-0.2, 0) is 21.4 Å². The molecule has 178 valence electrons. The molecule has 2 aromatic rings. The van der Waals surface area contributed by atoms with Crippen LogP contribution >= 0.6 is 0 Å². The Hall–Kier alpha value is -2.49. The lowest BCUT2D eigenvalue weighted by Gasteiger charge is -2.36. The van der Waals surface area contributed by atoms with Gasteiger partial charge in [-0.15, -0.1) is 0 Å². The molecule has 0 bridgehead atoms. The van der Waals surface area contributed by atoms with Crippen LogP contribution < -0.4 is 16.7 Å². The maximum Gasteiger partial charge on any atom is 0.329 e. The van der Waals surface area contributed by atoms with Crippen LogP contribution in [0.5, 0.6) is 0 Å². The molecule has 0 saturated carbocycles. The minimum Gasteiger partial charge on any atom is -0.375 e. The highest BCUT2D eigenvalue weighted by molar-refractivity contribution is 6.00. The van der Waals surface area contributed by atoms with E-state index in [9.17, 15) is 14.4 Å². The van der Waals surface area contributed by atoms with E-state index in [2.05, 4.69) is 22.3 Å². The summed E-state index contributed by atoms with van der Waals surface area (Å²) in [4.78, 5) is 39.4. The molecule has 0 radical (unpaired) electrons. The molecule has 3 N–H and O–H groups in total. The molecule has 0 aliphatic carbocycles. The zero-order valence-corrected chi connectivity index (χ0v) is 19.2. The maximum atomic E-state index is 13.0.